The van der Waals surface area contributed by atoms with Crippen LogP contribution in [0.3, 0.4) is 0 Å². The van der Waals surface area contributed by atoms with E-state index < -0.39 is 0 Å². The molecule has 3 aromatic carbocycles. The Kier molecular flexibility index (Phi) is 4.21. The minimum atomic E-state index is 0.0807. The van der Waals surface area contributed by atoms with Crippen molar-refractivity contribution in [3.8, 4) is 5.75 Å². The van der Waals surface area contributed by atoms with Crippen molar-refractivity contribution in [1.29, 1.82) is 0 Å². The molecule has 2 N–H and O–H groups in total. The van der Waals surface area contributed by atoms with E-state index in [1.165, 1.54) is 5.56 Å². The standard InChI is InChI=1S/C23H21NO2/c1-26-22-8-4-6-20-19(22)12-10-16-13-15(9-11-18(16)23(20)25)14-17-5-2-3-7-21(17)24/h2-9,11,13H,10,12,14,24H2,1H3. The van der Waals surface area contributed by atoms with Crippen LogP contribution in [0.25, 0.3) is 0 Å². The second-order valence-electron chi connectivity index (χ2n) is 6.68. The van der Waals surface area contributed by atoms with E-state index in [2.05, 4.69) is 6.07 Å². The van der Waals surface area contributed by atoms with Gasteiger partial charge in [-0.3, -0.25) is 4.79 Å². The molecule has 3 aromatic rings. The van der Waals surface area contributed by atoms with Gasteiger partial charge in [-0.25, -0.2) is 0 Å². The number of ketones is 1. The fourth-order valence-corrected chi connectivity index (χ4v) is 3.73. The summed E-state index contributed by atoms with van der Waals surface area (Å²) in [6.07, 6.45) is 2.39. The van der Waals surface area contributed by atoms with Crippen molar-refractivity contribution in [2.45, 2.75) is 19.3 Å². The van der Waals surface area contributed by atoms with E-state index in [1.54, 1.807) is 7.11 Å². The average Bonchev–Trinajstić information content (AvgIpc) is 2.80. The third-order valence-electron chi connectivity index (χ3n) is 5.11. The third-order valence-corrected chi connectivity index (χ3v) is 5.11. The van der Waals surface area contributed by atoms with Crippen LogP contribution in [-0.2, 0) is 19.3 Å². The molecular weight excluding hydrogens is 322 g/mol. The lowest BCUT2D eigenvalue weighted by Gasteiger charge is -2.10. The number of nitrogens with two attached hydrogens (primary N) is 1. The number of nitrogen functional groups attached to an aromatic ring is 1. The largest absolute Gasteiger partial charge is 0.496 e. The van der Waals surface area contributed by atoms with Crippen LogP contribution in [0.1, 0.15) is 38.2 Å². The number of aryl methyl sites for hydroxylation is 1. The number of hydrogen-bond acceptors (Lipinski definition) is 3. The van der Waals surface area contributed by atoms with Crippen molar-refractivity contribution >= 4 is 11.5 Å². The Balaban J connectivity index is 1.71. The van der Waals surface area contributed by atoms with Crippen LogP contribution in [0.15, 0.2) is 60.7 Å². The SMILES string of the molecule is COc1cccc2c1CCc1cc(Cc3ccccc3N)ccc1C2=O. The van der Waals surface area contributed by atoms with Crippen molar-refractivity contribution < 1.29 is 9.53 Å². The second-order valence-corrected chi connectivity index (χ2v) is 6.68. The van der Waals surface area contributed by atoms with Gasteiger partial charge in [-0.05, 0) is 48.1 Å². The summed E-state index contributed by atoms with van der Waals surface area (Å²) in [5.41, 5.74) is 12.8. The van der Waals surface area contributed by atoms with Crippen LogP contribution in [-0.4, -0.2) is 12.9 Å². The van der Waals surface area contributed by atoms with Crippen LogP contribution in [0.2, 0.25) is 0 Å². The minimum absolute atomic E-state index is 0.0807. The molecule has 0 unspecified atom stereocenters. The molecule has 130 valence electrons. The fraction of sp³-hybridized carbons (Fsp3) is 0.174. The van der Waals surface area contributed by atoms with E-state index in [0.717, 1.165) is 58.5 Å². The minimum Gasteiger partial charge on any atom is -0.496 e. The van der Waals surface area contributed by atoms with Crippen molar-refractivity contribution in [3.05, 3.63) is 94.0 Å². The average molecular weight is 343 g/mol. The van der Waals surface area contributed by atoms with Crippen LogP contribution in [0, 0.1) is 0 Å². The lowest BCUT2D eigenvalue weighted by Crippen LogP contribution is -2.05. The molecule has 0 aliphatic heterocycles. The molecule has 26 heavy (non-hydrogen) atoms. The molecule has 0 bridgehead atoms. The highest BCUT2D eigenvalue weighted by molar-refractivity contribution is 6.11. The van der Waals surface area contributed by atoms with Crippen LogP contribution >= 0.6 is 0 Å². The molecule has 1 aliphatic rings. The van der Waals surface area contributed by atoms with Crippen molar-refractivity contribution in [2.24, 2.45) is 0 Å². The van der Waals surface area contributed by atoms with E-state index in [-0.39, 0.29) is 5.78 Å². The van der Waals surface area contributed by atoms with Crippen LogP contribution < -0.4 is 10.5 Å². The molecule has 1 aliphatic carbocycles. The number of anilines is 1. The van der Waals surface area contributed by atoms with E-state index in [9.17, 15) is 4.79 Å². The maximum atomic E-state index is 13.0. The van der Waals surface area contributed by atoms with Crippen molar-refractivity contribution in [3.63, 3.8) is 0 Å². The van der Waals surface area contributed by atoms with E-state index >= 15 is 0 Å². The van der Waals surface area contributed by atoms with E-state index in [4.69, 9.17) is 10.5 Å². The molecule has 0 aromatic heterocycles. The molecule has 0 fully saturated rings. The maximum Gasteiger partial charge on any atom is 0.193 e. The zero-order valence-corrected chi connectivity index (χ0v) is 14.8. The summed E-state index contributed by atoms with van der Waals surface area (Å²) in [7, 11) is 1.65. The first-order valence-electron chi connectivity index (χ1n) is 8.83. The Bertz CT molecular complexity index is 991. The van der Waals surface area contributed by atoms with Gasteiger partial charge < -0.3 is 10.5 Å². The molecule has 0 heterocycles. The lowest BCUT2D eigenvalue weighted by atomic mass is 9.95. The zero-order chi connectivity index (χ0) is 18.1. The van der Waals surface area contributed by atoms with Gasteiger partial charge >= 0.3 is 0 Å². The van der Waals surface area contributed by atoms with Gasteiger partial charge in [0, 0.05) is 22.4 Å². The first-order valence-corrected chi connectivity index (χ1v) is 8.83. The number of rotatable bonds is 3. The summed E-state index contributed by atoms with van der Waals surface area (Å²) < 4.78 is 5.47. The van der Waals surface area contributed by atoms with Gasteiger partial charge in [0.25, 0.3) is 0 Å². The first-order chi connectivity index (χ1) is 12.7. The number of ether oxygens (including phenoxy) is 1. The highest BCUT2D eigenvalue weighted by atomic mass is 16.5. The van der Waals surface area contributed by atoms with Crippen LogP contribution in [0.4, 0.5) is 5.69 Å². The number of methoxy groups -OCH3 is 1. The number of para-hydroxylation sites is 1. The van der Waals surface area contributed by atoms with Gasteiger partial charge in [-0.2, -0.15) is 0 Å². The lowest BCUT2D eigenvalue weighted by molar-refractivity contribution is 0.103. The zero-order valence-electron chi connectivity index (χ0n) is 14.8. The van der Waals surface area contributed by atoms with Gasteiger partial charge in [0.1, 0.15) is 5.75 Å². The Morgan fingerprint density at radius 2 is 1.81 bits per heavy atom. The van der Waals surface area contributed by atoms with Gasteiger partial charge in [0.15, 0.2) is 5.78 Å². The number of carbonyl (C=O) groups excluding carboxylic acids is 1. The van der Waals surface area contributed by atoms with E-state index in [0.29, 0.717) is 0 Å². The summed E-state index contributed by atoms with van der Waals surface area (Å²) in [6, 6.07) is 19.8. The number of hydrogen-bond donors (Lipinski definition) is 1. The molecule has 4 rings (SSSR count). The number of benzene rings is 3. The first kappa shape index (κ1) is 16.4. The number of fused-ring (bicyclic) bond motifs is 2. The van der Waals surface area contributed by atoms with Gasteiger partial charge in [0.05, 0.1) is 7.11 Å². The summed E-state index contributed by atoms with van der Waals surface area (Å²) >= 11 is 0. The Labute approximate surface area is 153 Å². The topological polar surface area (TPSA) is 52.3 Å². The Morgan fingerprint density at radius 3 is 2.62 bits per heavy atom. The quantitative estimate of drug-likeness (QED) is 0.725. The van der Waals surface area contributed by atoms with Gasteiger partial charge in [-0.1, -0.05) is 48.5 Å². The third kappa shape index (κ3) is 2.86. The molecule has 0 spiro atoms. The summed E-state index contributed by atoms with van der Waals surface area (Å²) in [5.74, 6) is 0.873. The molecule has 0 saturated heterocycles. The van der Waals surface area contributed by atoms with Gasteiger partial charge in [-0.15, -0.1) is 0 Å². The number of carbonyl (C=O) groups is 1. The molecule has 0 saturated carbocycles. The molecule has 3 heteroatoms. The molecule has 0 radical (unpaired) electrons. The predicted molar refractivity (Wildman–Crippen MR) is 104 cm³/mol. The Hall–Kier alpha value is -3.07. The summed E-state index contributed by atoms with van der Waals surface area (Å²) in [5, 5.41) is 0. The maximum absolute atomic E-state index is 13.0. The predicted octanol–water partition coefficient (Wildman–Crippen LogP) is 4.20. The molecular formula is C23H21NO2. The molecule has 0 amide bonds. The monoisotopic (exact) mass is 343 g/mol. The second kappa shape index (κ2) is 6.68. The smallest absolute Gasteiger partial charge is 0.193 e. The van der Waals surface area contributed by atoms with Crippen molar-refractivity contribution in [2.75, 3.05) is 12.8 Å². The highest BCUT2D eigenvalue weighted by Gasteiger charge is 2.23. The normalized spacial score (nSPS) is 12.9. The fourth-order valence-electron chi connectivity index (χ4n) is 3.73. The highest BCUT2D eigenvalue weighted by Crippen LogP contribution is 2.31. The van der Waals surface area contributed by atoms with Crippen LogP contribution in [0.5, 0.6) is 5.75 Å². The van der Waals surface area contributed by atoms with E-state index in [1.807, 2.05) is 54.6 Å². The summed E-state index contributed by atoms with van der Waals surface area (Å²) in [4.78, 5) is 13.0. The summed E-state index contributed by atoms with van der Waals surface area (Å²) in [6.45, 7) is 0. The molecule has 0 atom stereocenters. The Morgan fingerprint density at radius 1 is 0.962 bits per heavy atom. The van der Waals surface area contributed by atoms with Crippen molar-refractivity contribution in [1.82, 2.24) is 0 Å². The molecule has 3 nitrogen and oxygen atoms in total. The van der Waals surface area contributed by atoms with Gasteiger partial charge in [0.2, 0.25) is 0 Å².